The standard InChI is InChI=1S/C18H25N5OS/c1-5-11-23-15(12-19-14-9-7-6-8-10-14)21-22-17(23)25-13-16(24)20-18(2,3)4/h5-10,19H,1,11-13H2,2-4H3,(H,20,24). The van der Waals surface area contributed by atoms with Crippen molar-refractivity contribution in [1.82, 2.24) is 20.1 Å². The van der Waals surface area contributed by atoms with Crippen LogP contribution in [-0.4, -0.2) is 32.0 Å². The molecule has 0 aliphatic carbocycles. The van der Waals surface area contributed by atoms with Crippen LogP contribution < -0.4 is 10.6 Å². The van der Waals surface area contributed by atoms with Crippen LogP contribution in [0, 0.1) is 0 Å². The van der Waals surface area contributed by atoms with Crippen molar-refractivity contribution in [3.05, 3.63) is 48.8 Å². The maximum absolute atomic E-state index is 12.0. The Labute approximate surface area is 153 Å². The number of hydrogen-bond acceptors (Lipinski definition) is 5. The highest BCUT2D eigenvalue weighted by atomic mass is 32.2. The van der Waals surface area contributed by atoms with Crippen LogP contribution in [0.15, 0.2) is 48.1 Å². The highest BCUT2D eigenvalue weighted by Crippen LogP contribution is 2.18. The summed E-state index contributed by atoms with van der Waals surface area (Å²) < 4.78 is 1.97. The lowest BCUT2D eigenvalue weighted by atomic mass is 10.1. The van der Waals surface area contributed by atoms with Gasteiger partial charge in [-0.2, -0.15) is 0 Å². The van der Waals surface area contributed by atoms with Gasteiger partial charge in [0.25, 0.3) is 0 Å². The van der Waals surface area contributed by atoms with Gasteiger partial charge in [-0.05, 0) is 32.9 Å². The van der Waals surface area contributed by atoms with E-state index >= 15 is 0 Å². The molecule has 0 unspecified atom stereocenters. The summed E-state index contributed by atoms with van der Waals surface area (Å²) in [5.41, 5.74) is 0.784. The zero-order chi connectivity index (χ0) is 18.3. The van der Waals surface area contributed by atoms with Crippen molar-refractivity contribution in [3.63, 3.8) is 0 Å². The number of allylic oxidation sites excluding steroid dienone is 1. The van der Waals surface area contributed by atoms with E-state index in [-0.39, 0.29) is 11.4 Å². The molecule has 0 spiro atoms. The average Bonchev–Trinajstić information content (AvgIpc) is 2.93. The normalized spacial score (nSPS) is 11.2. The molecule has 1 aromatic carbocycles. The molecule has 0 aliphatic rings. The largest absolute Gasteiger partial charge is 0.378 e. The van der Waals surface area contributed by atoms with Crippen molar-refractivity contribution < 1.29 is 4.79 Å². The lowest BCUT2D eigenvalue weighted by molar-refractivity contribution is -0.119. The van der Waals surface area contributed by atoms with Crippen LogP contribution in [0.4, 0.5) is 5.69 Å². The molecule has 0 aliphatic heterocycles. The van der Waals surface area contributed by atoms with Gasteiger partial charge >= 0.3 is 0 Å². The first-order chi connectivity index (χ1) is 11.9. The van der Waals surface area contributed by atoms with E-state index in [2.05, 4.69) is 27.4 Å². The number of rotatable bonds is 8. The van der Waals surface area contributed by atoms with Gasteiger partial charge in [0.1, 0.15) is 0 Å². The Morgan fingerprint density at radius 3 is 2.64 bits per heavy atom. The molecule has 1 heterocycles. The minimum Gasteiger partial charge on any atom is -0.378 e. The zero-order valence-corrected chi connectivity index (χ0v) is 15.8. The lowest BCUT2D eigenvalue weighted by Crippen LogP contribution is -2.41. The molecule has 6 nitrogen and oxygen atoms in total. The third-order valence-corrected chi connectivity index (χ3v) is 4.14. The van der Waals surface area contributed by atoms with Crippen LogP contribution in [-0.2, 0) is 17.9 Å². The predicted octanol–water partition coefficient (Wildman–Crippen LogP) is 3.08. The summed E-state index contributed by atoms with van der Waals surface area (Å²) in [4.78, 5) is 12.0. The van der Waals surface area contributed by atoms with E-state index in [1.54, 1.807) is 6.08 Å². The van der Waals surface area contributed by atoms with Gasteiger partial charge in [-0.25, -0.2) is 0 Å². The summed E-state index contributed by atoms with van der Waals surface area (Å²) >= 11 is 1.38. The van der Waals surface area contributed by atoms with Gasteiger partial charge in [0.05, 0.1) is 12.3 Å². The Morgan fingerprint density at radius 1 is 1.28 bits per heavy atom. The first-order valence-corrected chi connectivity index (χ1v) is 9.13. The third kappa shape index (κ3) is 6.26. The minimum atomic E-state index is -0.239. The second-order valence-electron chi connectivity index (χ2n) is 6.60. The highest BCUT2D eigenvalue weighted by molar-refractivity contribution is 7.99. The Bertz CT molecular complexity index is 706. The third-order valence-electron chi connectivity index (χ3n) is 3.18. The maximum Gasteiger partial charge on any atom is 0.230 e. The maximum atomic E-state index is 12.0. The van der Waals surface area contributed by atoms with Crippen molar-refractivity contribution in [1.29, 1.82) is 0 Å². The van der Waals surface area contributed by atoms with Gasteiger partial charge in [0.2, 0.25) is 5.91 Å². The monoisotopic (exact) mass is 359 g/mol. The molecule has 0 radical (unpaired) electrons. The number of nitrogens with zero attached hydrogens (tertiary/aromatic N) is 3. The molecule has 2 rings (SSSR count). The first kappa shape index (κ1) is 19.1. The Morgan fingerprint density at radius 2 is 2.00 bits per heavy atom. The second kappa shape index (κ2) is 8.71. The fourth-order valence-corrected chi connectivity index (χ4v) is 2.96. The summed E-state index contributed by atoms with van der Waals surface area (Å²) in [6.45, 7) is 10.8. The van der Waals surface area contributed by atoms with Crippen molar-refractivity contribution in [3.8, 4) is 0 Å². The second-order valence-corrected chi connectivity index (χ2v) is 7.55. The summed E-state index contributed by atoms with van der Waals surface area (Å²) in [6, 6.07) is 9.93. The molecule has 1 amide bonds. The van der Waals surface area contributed by atoms with Crippen molar-refractivity contribution in [2.75, 3.05) is 11.1 Å². The fraction of sp³-hybridized carbons (Fsp3) is 0.389. The van der Waals surface area contributed by atoms with Crippen LogP contribution >= 0.6 is 11.8 Å². The van der Waals surface area contributed by atoms with Gasteiger partial charge in [-0.1, -0.05) is 36.0 Å². The van der Waals surface area contributed by atoms with Gasteiger partial charge in [-0.15, -0.1) is 16.8 Å². The van der Waals surface area contributed by atoms with E-state index in [0.717, 1.165) is 11.5 Å². The van der Waals surface area contributed by atoms with Crippen LogP contribution in [0.5, 0.6) is 0 Å². The fourth-order valence-electron chi connectivity index (χ4n) is 2.19. The molecule has 0 saturated heterocycles. The highest BCUT2D eigenvalue weighted by Gasteiger charge is 2.16. The number of hydrogen-bond donors (Lipinski definition) is 2. The topological polar surface area (TPSA) is 71.8 Å². The molecule has 25 heavy (non-hydrogen) atoms. The number of para-hydroxylation sites is 1. The molecule has 0 atom stereocenters. The van der Waals surface area contributed by atoms with E-state index in [1.807, 2.05) is 55.7 Å². The Kier molecular flexibility index (Phi) is 6.64. The number of nitrogens with one attached hydrogen (secondary N) is 2. The van der Waals surface area contributed by atoms with E-state index in [9.17, 15) is 4.79 Å². The van der Waals surface area contributed by atoms with Crippen LogP contribution in [0.1, 0.15) is 26.6 Å². The molecule has 134 valence electrons. The molecule has 0 fully saturated rings. The van der Waals surface area contributed by atoms with Gasteiger partial charge in [0.15, 0.2) is 11.0 Å². The molecule has 2 aromatic rings. The average molecular weight is 359 g/mol. The number of carbonyl (C=O) groups is 1. The van der Waals surface area contributed by atoms with Crippen LogP contribution in [0.25, 0.3) is 0 Å². The molecule has 0 bridgehead atoms. The SMILES string of the molecule is C=CCn1c(CNc2ccccc2)nnc1SCC(=O)NC(C)(C)C. The Balaban J connectivity index is 2.00. The molecule has 7 heteroatoms. The molecular formula is C18H25N5OS. The number of amides is 1. The number of thioether (sulfide) groups is 1. The molecule has 0 saturated carbocycles. The van der Waals surface area contributed by atoms with Crippen LogP contribution in [0.2, 0.25) is 0 Å². The number of anilines is 1. The van der Waals surface area contributed by atoms with Gasteiger partial charge in [-0.3, -0.25) is 4.79 Å². The van der Waals surface area contributed by atoms with E-state index in [4.69, 9.17) is 0 Å². The number of benzene rings is 1. The van der Waals surface area contributed by atoms with Gasteiger partial charge < -0.3 is 15.2 Å². The molecule has 2 N–H and O–H groups in total. The summed E-state index contributed by atoms with van der Waals surface area (Å²) in [5, 5.41) is 15.5. The van der Waals surface area contributed by atoms with E-state index < -0.39 is 0 Å². The number of carbonyl (C=O) groups excluding carboxylic acids is 1. The zero-order valence-electron chi connectivity index (χ0n) is 15.0. The molecular weight excluding hydrogens is 334 g/mol. The van der Waals surface area contributed by atoms with Crippen molar-refractivity contribution in [2.45, 2.75) is 44.6 Å². The number of aromatic nitrogens is 3. The summed E-state index contributed by atoms with van der Waals surface area (Å²) in [6.07, 6.45) is 1.80. The van der Waals surface area contributed by atoms with Crippen molar-refractivity contribution in [2.24, 2.45) is 0 Å². The minimum absolute atomic E-state index is 0.0189. The van der Waals surface area contributed by atoms with Gasteiger partial charge in [0, 0.05) is 17.8 Å². The predicted molar refractivity (Wildman–Crippen MR) is 103 cm³/mol. The lowest BCUT2D eigenvalue weighted by Gasteiger charge is -2.20. The van der Waals surface area contributed by atoms with E-state index in [0.29, 0.717) is 24.0 Å². The smallest absolute Gasteiger partial charge is 0.230 e. The van der Waals surface area contributed by atoms with Crippen molar-refractivity contribution >= 4 is 23.4 Å². The quantitative estimate of drug-likeness (QED) is 0.560. The summed E-state index contributed by atoms with van der Waals surface area (Å²) in [5.74, 6) is 1.09. The summed E-state index contributed by atoms with van der Waals surface area (Å²) in [7, 11) is 0. The molecule has 1 aromatic heterocycles. The Hall–Kier alpha value is -2.28. The van der Waals surface area contributed by atoms with E-state index in [1.165, 1.54) is 11.8 Å². The van der Waals surface area contributed by atoms with Crippen LogP contribution in [0.3, 0.4) is 0 Å². The first-order valence-electron chi connectivity index (χ1n) is 8.15.